The number of hydrogen-bond donors (Lipinski definition) is 1. The number of nitriles is 1. The van der Waals surface area contributed by atoms with Crippen molar-refractivity contribution in [3.05, 3.63) is 77.6 Å². The van der Waals surface area contributed by atoms with E-state index in [-0.39, 0.29) is 17.1 Å². The molecule has 1 aliphatic heterocycles. The minimum absolute atomic E-state index is 0.0784. The molecule has 0 spiro atoms. The van der Waals surface area contributed by atoms with Gasteiger partial charge in [-0.05, 0) is 73.9 Å². The van der Waals surface area contributed by atoms with Gasteiger partial charge < -0.3 is 0 Å². The lowest BCUT2D eigenvalue weighted by Crippen LogP contribution is -2.44. The normalized spacial score (nSPS) is 15.6. The number of benzene rings is 2. The number of nitrogens with one attached hydrogen (secondary N) is 1. The molecule has 3 aromatic rings. The molecule has 0 unspecified atom stereocenters. The number of urea groups is 1. The molecule has 4 rings (SSSR count). The van der Waals surface area contributed by atoms with Crippen molar-refractivity contribution >= 4 is 23.2 Å². The van der Waals surface area contributed by atoms with Gasteiger partial charge in [0.05, 0.1) is 22.9 Å². The van der Waals surface area contributed by atoms with E-state index < -0.39 is 28.9 Å². The van der Waals surface area contributed by atoms with Crippen LogP contribution in [-0.4, -0.2) is 22.4 Å². The molecule has 0 atom stereocenters. The van der Waals surface area contributed by atoms with E-state index in [2.05, 4.69) is 4.98 Å². The number of anilines is 2. The fourth-order valence-corrected chi connectivity index (χ4v) is 4.22. The topological polar surface area (TPSA) is 84.1 Å². The molecule has 0 radical (unpaired) electrons. The first kappa shape index (κ1) is 23.0. The Bertz CT molecular complexity index is 1330. The SMILES string of the molecule is Cc1c(N2C(=N)C(C)(C)N(c3ccc(-c4ccncc4)cc3)C2=O)ccc(C#N)c1C(F)(F)F. The van der Waals surface area contributed by atoms with Gasteiger partial charge in [0.15, 0.2) is 0 Å². The fourth-order valence-electron chi connectivity index (χ4n) is 4.22. The number of halogens is 3. The second-order valence-electron chi connectivity index (χ2n) is 8.39. The van der Waals surface area contributed by atoms with Gasteiger partial charge in [0, 0.05) is 18.1 Å². The third-order valence-electron chi connectivity index (χ3n) is 5.97. The molecule has 1 saturated heterocycles. The quantitative estimate of drug-likeness (QED) is 0.506. The van der Waals surface area contributed by atoms with Gasteiger partial charge >= 0.3 is 12.2 Å². The van der Waals surface area contributed by atoms with E-state index in [9.17, 15) is 18.0 Å². The Morgan fingerprint density at radius 3 is 2.15 bits per heavy atom. The van der Waals surface area contributed by atoms with Gasteiger partial charge in [-0.15, -0.1) is 0 Å². The number of amides is 2. The molecule has 1 aliphatic rings. The van der Waals surface area contributed by atoms with Crippen molar-refractivity contribution in [3.8, 4) is 17.2 Å². The third kappa shape index (κ3) is 3.57. The van der Waals surface area contributed by atoms with Crippen LogP contribution in [0.3, 0.4) is 0 Å². The van der Waals surface area contributed by atoms with E-state index in [0.717, 1.165) is 22.1 Å². The van der Waals surface area contributed by atoms with E-state index in [1.807, 2.05) is 24.3 Å². The molecule has 172 valence electrons. The van der Waals surface area contributed by atoms with Gasteiger partial charge in [-0.2, -0.15) is 18.4 Å². The highest BCUT2D eigenvalue weighted by atomic mass is 19.4. The summed E-state index contributed by atoms with van der Waals surface area (Å²) >= 11 is 0. The summed E-state index contributed by atoms with van der Waals surface area (Å²) in [5.74, 6) is -0.170. The first-order chi connectivity index (χ1) is 16.0. The summed E-state index contributed by atoms with van der Waals surface area (Å²) in [7, 11) is 0. The number of pyridine rings is 1. The Balaban J connectivity index is 1.78. The van der Waals surface area contributed by atoms with Gasteiger partial charge in [-0.3, -0.25) is 15.3 Å². The summed E-state index contributed by atoms with van der Waals surface area (Å²) in [5, 5.41) is 17.8. The molecule has 34 heavy (non-hydrogen) atoms. The van der Waals surface area contributed by atoms with Crippen LogP contribution in [0.2, 0.25) is 0 Å². The van der Waals surface area contributed by atoms with E-state index in [1.54, 1.807) is 44.4 Å². The molecule has 0 bridgehead atoms. The van der Waals surface area contributed by atoms with Crippen molar-refractivity contribution in [1.29, 1.82) is 10.7 Å². The third-order valence-corrected chi connectivity index (χ3v) is 5.97. The number of nitrogens with zero attached hydrogens (tertiary/aromatic N) is 4. The summed E-state index contributed by atoms with van der Waals surface area (Å²) in [6.07, 6.45) is -1.44. The molecule has 2 amide bonds. The molecule has 0 aliphatic carbocycles. The second-order valence-corrected chi connectivity index (χ2v) is 8.39. The van der Waals surface area contributed by atoms with E-state index in [4.69, 9.17) is 10.7 Å². The largest absolute Gasteiger partial charge is 0.418 e. The van der Waals surface area contributed by atoms with Crippen molar-refractivity contribution in [2.24, 2.45) is 0 Å². The maximum Gasteiger partial charge on any atom is 0.418 e. The van der Waals surface area contributed by atoms with Crippen LogP contribution in [-0.2, 0) is 6.18 Å². The minimum Gasteiger partial charge on any atom is -0.286 e. The number of rotatable bonds is 3. The van der Waals surface area contributed by atoms with E-state index >= 15 is 0 Å². The monoisotopic (exact) mass is 463 g/mol. The van der Waals surface area contributed by atoms with Gasteiger partial charge in [-0.1, -0.05) is 12.1 Å². The molecule has 1 N–H and O–H groups in total. The van der Waals surface area contributed by atoms with Crippen LogP contribution in [0.5, 0.6) is 0 Å². The zero-order chi connectivity index (χ0) is 24.8. The van der Waals surface area contributed by atoms with Gasteiger partial charge in [0.2, 0.25) is 0 Å². The number of carbonyl (C=O) groups is 1. The smallest absolute Gasteiger partial charge is 0.286 e. The highest BCUT2D eigenvalue weighted by molar-refractivity contribution is 6.31. The Morgan fingerprint density at radius 2 is 1.59 bits per heavy atom. The summed E-state index contributed by atoms with van der Waals surface area (Å²) < 4.78 is 41.1. The average molecular weight is 463 g/mol. The van der Waals surface area contributed by atoms with Crippen LogP contribution in [0.1, 0.15) is 30.5 Å². The Hall–Kier alpha value is -4.19. The Labute approximate surface area is 194 Å². The van der Waals surface area contributed by atoms with Crippen molar-refractivity contribution in [2.75, 3.05) is 9.80 Å². The Morgan fingerprint density at radius 1 is 1.00 bits per heavy atom. The van der Waals surface area contributed by atoms with Crippen LogP contribution in [0.4, 0.5) is 29.3 Å². The zero-order valence-corrected chi connectivity index (χ0v) is 18.6. The molecule has 2 aromatic carbocycles. The lowest BCUT2D eigenvalue weighted by atomic mass is 9.98. The molecule has 2 heterocycles. The average Bonchev–Trinajstić information content (AvgIpc) is 2.97. The molecule has 1 aromatic heterocycles. The molecule has 0 saturated carbocycles. The summed E-state index contributed by atoms with van der Waals surface area (Å²) in [5.41, 5.74) is -0.784. The maximum atomic E-state index is 13.7. The minimum atomic E-state index is -4.78. The van der Waals surface area contributed by atoms with Crippen LogP contribution in [0.25, 0.3) is 11.1 Å². The second kappa shape index (κ2) is 7.99. The molecule has 6 nitrogen and oxygen atoms in total. The van der Waals surface area contributed by atoms with Crippen molar-refractivity contribution in [1.82, 2.24) is 4.98 Å². The molecule has 1 fully saturated rings. The first-order valence-electron chi connectivity index (χ1n) is 10.3. The molecular weight excluding hydrogens is 443 g/mol. The fraction of sp³-hybridized carbons (Fsp3) is 0.200. The van der Waals surface area contributed by atoms with Crippen molar-refractivity contribution in [2.45, 2.75) is 32.5 Å². The van der Waals surface area contributed by atoms with Crippen LogP contribution in [0, 0.1) is 23.7 Å². The van der Waals surface area contributed by atoms with Crippen LogP contribution >= 0.6 is 0 Å². The Kier molecular flexibility index (Phi) is 5.40. The van der Waals surface area contributed by atoms with Crippen molar-refractivity contribution < 1.29 is 18.0 Å². The number of aromatic nitrogens is 1. The summed E-state index contributed by atoms with van der Waals surface area (Å²) in [6.45, 7) is 4.53. The summed E-state index contributed by atoms with van der Waals surface area (Å²) in [4.78, 5) is 19.9. The lowest BCUT2D eigenvalue weighted by molar-refractivity contribution is -0.138. The number of amidine groups is 1. The first-order valence-corrected chi connectivity index (χ1v) is 10.3. The lowest BCUT2D eigenvalue weighted by Gasteiger charge is -2.29. The molecule has 9 heteroatoms. The maximum absolute atomic E-state index is 13.7. The van der Waals surface area contributed by atoms with E-state index in [1.165, 1.54) is 17.9 Å². The van der Waals surface area contributed by atoms with E-state index in [0.29, 0.717) is 5.69 Å². The van der Waals surface area contributed by atoms with Crippen molar-refractivity contribution in [3.63, 3.8) is 0 Å². The summed E-state index contributed by atoms with van der Waals surface area (Å²) in [6, 6.07) is 14.1. The highest BCUT2D eigenvalue weighted by Gasteiger charge is 2.51. The molecular formula is C25H20F3N5O. The highest BCUT2D eigenvalue weighted by Crippen LogP contribution is 2.42. The predicted octanol–water partition coefficient (Wildman–Crippen LogP) is 6.15. The van der Waals surface area contributed by atoms with Gasteiger partial charge in [-0.25, -0.2) is 9.69 Å². The van der Waals surface area contributed by atoms with Gasteiger partial charge in [0.1, 0.15) is 11.4 Å². The predicted molar refractivity (Wildman–Crippen MR) is 123 cm³/mol. The van der Waals surface area contributed by atoms with Gasteiger partial charge in [0.25, 0.3) is 0 Å². The zero-order valence-electron chi connectivity index (χ0n) is 18.6. The number of alkyl halides is 3. The number of carbonyl (C=O) groups excluding carboxylic acids is 1. The number of hydrogen-bond acceptors (Lipinski definition) is 4. The van der Waals surface area contributed by atoms with Crippen LogP contribution in [0.15, 0.2) is 60.9 Å². The standard InChI is InChI=1S/C25H20F3N5O/c1-15-20(9-6-18(14-29)21(15)25(26,27)28)32-22(30)24(2,3)33(23(32)34)19-7-4-16(5-8-19)17-10-12-31-13-11-17/h4-13,30H,1-3H3. The van der Waals surface area contributed by atoms with Crippen LogP contribution < -0.4 is 9.80 Å².